The van der Waals surface area contributed by atoms with Gasteiger partial charge >= 0.3 is 17.3 Å². The number of nitrogens with zero attached hydrogens (tertiary/aromatic N) is 5. The fraction of sp³-hybridized carbons (Fsp3) is 0.400. The molecule has 4 aromatic heterocycles. The molecule has 0 bridgehead atoms. The van der Waals surface area contributed by atoms with E-state index in [0.29, 0.717) is 40.0 Å². The molecule has 0 spiro atoms. The fourth-order valence-corrected chi connectivity index (χ4v) is 5.22. The smallest absolute Gasteiger partial charge is 0.333 e. The maximum absolute atomic E-state index is 13.4. The summed E-state index contributed by atoms with van der Waals surface area (Å²) in [6, 6.07) is -0.395. The molecular weight excluding hydrogens is 482 g/mol. The van der Waals surface area contributed by atoms with Crippen LogP contribution in [0.15, 0.2) is 23.6 Å². The lowest BCUT2D eigenvalue weighted by Gasteiger charge is -2.22. The molecule has 0 amide bonds. The molecule has 1 aliphatic carbocycles. The maximum atomic E-state index is 13.4. The third kappa shape index (κ3) is 3.31. The number of hydrogen-bond acceptors (Lipinski definition) is 7. The predicted molar refractivity (Wildman–Crippen MR) is 137 cm³/mol. The molecule has 4 aromatic rings. The first-order valence-electron chi connectivity index (χ1n) is 11.8. The van der Waals surface area contributed by atoms with Crippen molar-refractivity contribution in [3.05, 3.63) is 64.3 Å². The van der Waals surface area contributed by atoms with Gasteiger partial charge in [0, 0.05) is 58.4 Å². The van der Waals surface area contributed by atoms with Crippen LogP contribution in [0.3, 0.4) is 0 Å². The van der Waals surface area contributed by atoms with Gasteiger partial charge in [-0.1, -0.05) is 6.92 Å². The van der Waals surface area contributed by atoms with E-state index in [1.807, 2.05) is 11.5 Å². The highest BCUT2D eigenvalue weighted by Gasteiger charge is 2.31. The van der Waals surface area contributed by atoms with E-state index in [2.05, 4.69) is 0 Å². The molecule has 0 aliphatic heterocycles. The molecule has 4 heterocycles. The van der Waals surface area contributed by atoms with Crippen LogP contribution in [-0.4, -0.2) is 35.4 Å². The molecule has 0 unspecified atom stereocenters. The molecule has 0 aromatic carbocycles. The summed E-state index contributed by atoms with van der Waals surface area (Å²) < 4.78 is 18.0. The van der Waals surface area contributed by atoms with Crippen LogP contribution in [0.4, 0.5) is 0 Å². The number of aryl methyl sites for hydroxylation is 2. The zero-order valence-corrected chi connectivity index (χ0v) is 21.4. The second-order valence-electron chi connectivity index (χ2n) is 9.34. The Bertz CT molecular complexity index is 1900. The first-order chi connectivity index (χ1) is 17.5. The van der Waals surface area contributed by atoms with E-state index in [1.165, 1.54) is 37.2 Å². The molecule has 12 heteroatoms. The fourth-order valence-electron chi connectivity index (χ4n) is 5.22. The molecule has 194 valence electrons. The maximum Gasteiger partial charge on any atom is 0.333 e. The summed E-state index contributed by atoms with van der Waals surface area (Å²) in [6.07, 6.45) is 4.12. The van der Waals surface area contributed by atoms with Crippen LogP contribution < -0.4 is 22.5 Å². The first-order valence-corrected chi connectivity index (χ1v) is 11.8. The van der Waals surface area contributed by atoms with Gasteiger partial charge in [0.1, 0.15) is 23.4 Å². The molecule has 12 nitrogen and oxygen atoms in total. The van der Waals surface area contributed by atoms with Crippen molar-refractivity contribution >= 4 is 40.3 Å². The van der Waals surface area contributed by atoms with Gasteiger partial charge in [0.15, 0.2) is 0 Å². The molecule has 0 saturated carbocycles. The molecule has 5 rings (SSSR count). The van der Waals surface area contributed by atoms with Crippen LogP contribution in [0.2, 0.25) is 0 Å². The third-order valence-electron chi connectivity index (χ3n) is 7.21. The Morgan fingerprint density at radius 3 is 2.19 bits per heavy atom. The zero-order chi connectivity index (χ0) is 26.9. The molecule has 1 atom stereocenters. The van der Waals surface area contributed by atoms with E-state index in [9.17, 15) is 24.0 Å². The average molecular weight is 510 g/mol. The van der Waals surface area contributed by atoms with E-state index < -0.39 is 34.5 Å². The lowest BCUT2D eigenvalue weighted by molar-refractivity contribution is -0.142. The molecule has 1 aliphatic rings. The van der Waals surface area contributed by atoms with Gasteiger partial charge < -0.3 is 13.7 Å². The number of fused-ring (bicyclic) bond motifs is 6. The van der Waals surface area contributed by atoms with Crippen LogP contribution in [0.1, 0.15) is 48.9 Å². The summed E-state index contributed by atoms with van der Waals surface area (Å²) in [6.45, 7) is 3.27. The van der Waals surface area contributed by atoms with Gasteiger partial charge in [0.25, 0.3) is 11.1 Å². The number of aromatic nitrogens is 5. The summed E-state index contributed by atoms with van der Waals surface area (Å²) in [4.78, 5) is 63.6. The van der Waals surface area contributed by atoms with Crippen LogP contribution >= 0.6 is 0 Å². The van der Waals surface area contributed by atoms with Gasteiger partial charge in [-0.05, 0) is 18.6 Å². The summed E-state index contributed by atoms with van der Waals surface area (Å²) in [5, 5.41) is 0.607. The van der Waals surface area contributed by atoms with Crippen molar-refractivity contribution in [2.45, 2.75) is 32.7 Å². The Morgan fingerprint density at radius 2 is 1.57 bits per heavy atom. The largest absolute Gasteiger partial charge is 0.464 e. The van der Waals surface area contributed by atoms with Crippen molar-refractivity contribution in [1.82, 2.24) is 22.8 Å². The summed E-state index contributed by atoms with van der Waals surface area (Å²) in [7, 11) is 5.95. The second-order valence-corrected chi connectivity index (χ2v) is 9.34. The molecule has 37 heavy (non-hydrogen) atoms. The van der Waals surface area contributed by atoms with Crippen molar-refractivity contribution in [3.8, 4) is 0 Å². The molecule has 0 radical (unpaired) electrons. The quantitative estimate of drug-likeness (QED) is 0.327. The highest BCUT2D eigenvalue weighted by atomic mass is 16.5. The summed E-state index contributed by atoms with van der Waals surface area (Å²) >= 11 is 0. The van der Waals surface area contributed by atoms with Gasteiger partial charge in [-0.15, -0.1) is 0 Å². The van der Waals surface area contributed by atoms with Crippen molar-refractivity contribution < 1.29 is 13.9 Å². The Hall–Kier alpha value is -4.35. The molecular formula is C25H27N5O7. The standard InChI is InChI=1S/C25H27N5O7/c1-7-13(11-36-12(2)31)30-16-10-15-17(37-23-19(15)22(33)28(5)25(35)29(23)6)9-8-14(16)18-20(30)26(3)24(34)27(4)21(18)32/h8-9,13H,7,10-11H2,1-6H3/t13-/m1/s1. The van der Waals surface area contributed by atoms with Gasteiger partial charge in [0.2, 0.25) is 5.71 Å². The molecule has 0 saturated heterocycles. The van der Waals surface area contributed by atoms with Crippen molar-refractivity contribution in [2.75, 3.05) is 6.61 Å². The van der Waals surface area contributed by atoms with Crippen molar-refractivity contribution in [2.24, 2.45) is 28.2 Å². The lowest BCUT2D eigenvalue weighted by atomic mass is 10.1. The lowest BCUT2D eigenvalue weighted by Crippen LogP contribution is -2.37. The van der Waals surface area contributed by atoms with Gasteiger partial charge in [-0.3, -0.25) is 32.7 Å². The minimum atomic E-state index is -0.508. The summed E-state index contributed by atoms with van der Waals surface area (Å²) in [5.41, 5.74) is 0.438. The minimum Gasteiger partial charge on any atom is -0.464 e. The second kappa shape index (κ2) is 8.36. The van der Waals surface area contributed by atoms with Crippen LogP contribution in [0.5, 0.6) is 0 Å². The Morgan fingerprint density at radius 1 is 0.946 bits per heavy atom. The normalized spacial score (nSPS) is 13.6. The van der Waals surface area contributed by atoms with E-state index in [4.69, 9.17) is 9.15 Å². The van der Waals surface area contributed by atoms with Crippen molar-refractivity contribution in [3.63, 3.8) is 0 Å². The molecule has 0 N–H and O–H groups in total. The number of furan rings is 1. The van der Waals surface area contributed by atoms with Gasteiger partial charge in [0.05, 0.1) is 11.4 Å². The molecule has 0 fully saturated rings. The van der Waals surface area contributed by atoms with Crippen LogP contribution in [0.25, 0.3) is 34.3 Å². The van der Waals surface area contributed by atoms with E-state index in [1.54, 1.807) is 19.2 Å². The average Bonchev–Trinajstić information content (AvgIpc) is 3.33. The number of hydrogen-bond donors (Lipinski definition) is 0. The third-order valence-corrected chi connectivity index (χ3v) is 7.21. The van der Waals surface area contributed by atoms with Crippen LogP contribution in [0, 0.1) is 0 Å². The first kappa shape index (κ1) is 24.3. The number of ether oxygens (including phenoxy) is 1. The van der Waals surface area contributed by atoms with Gasteiger partial charge in [-0.2, -0.15) is 0 Å². The number of esters is 1. The monoisotopic (exact) mass is 509 g/mol. The van der Waals surface area contributed by atoms with E-state index >= 15 is 0 Å². The number of carbonyl (C=O) groups excluding carboxylic acids is 1. The Labute approximate surface area is 209 Å². The highest BCUT2D eigenvalue weighted by molar-refractivity contribution is 5.95. The Balaban J connectivity index is 1.91. The minimum absolute atomic E-state index is 0.0322. The van der Waals surface area contributed by atoms with E-state index in [0.717, 1.165) is 9.13 Å². The zero-order valence-electron chi connectivity index (χ0n) is 21.4. The van der Waals surface area contributed by atoms with E-state index in [-0.39, 0.29) is 24.1 Å². The summed E-state index contributed by atoms with van der Waals surface area (Å²) in [5.74, 6) is -0.0443. The Kier molecular flexibility index (Phi) is 5.50. The topological polar surface area (TPSA) is 132 Å². The van der Waals surface area contributed by atoms with Crippen LogP contribution in [-0.2, 0) is 44.1 Å². The number of carbonyl (C=O) groups is 1. The predicted octanol–water partition coefficient (Wildman–Crippen LogP) is 0.771. The highest BCUT2D eigenvalue weighted by Crippen LogP contribution is 2.37. The van der Waals surface area contributed by atoms with Gasteiger partial charge in [-0.25, -0.2) is 9.59 Å². The van der Waals surface area contributed by atoms with Crippen molar-refractivity contribution in [1.29, 1.82) is 0 Å². The number of rotatable bonds is 4. The SMILES string of the molecule is CC[C@H](COC(C)=O)n1c2c(c3c(=O)n(C)c(=O)n(C)c31)C=Cc1oc3c(c1C2)c(=O)n(C)c(=O)n3C.